The van der Waals surface area contributed by atoms with Gasteiger partial charge in [0.15, 0.2) is 9.84 Å². The maximum atomic E-state index is 12.5. The quantitative estimate of drug-likeness (QED) is 0.937. The highest BCUT2D eigenvalue weighted by molar-refractivity contribution is 7.93. The van der Waals surface area contributed by atoms with Crippen LogP contribution in [0.3, 0.4) is 0 Å². The van der Waals surface area contributed by atoms with Crippen molar-refractivity contribution < 1.29 is 17.2 Å². The molecule has 104 valence electrons. The molecule has 1 heterocycles. The van der Waals surface area contributed by atoms with E-state index in [0.29, 0.717) is 10.9 Å². The highest BCUT2D eigenvalue weighted by atomic mass is 32.2. The summed E-state index contributed by atoms with van der Waals surface area (Å²) in [5, 5.41) is 0.532. The molecule has 0 saturated carbocycles. The zero-order chi connectivity index (χ0) is 14.3. The fourth-order valence-electron chi connectivity index (χ4n) is 2.05. The Balaban J connectivity index is 2.56. The van der Waals surface area contributed by atoms with Crippen LogP contribution in [0.25, 0.3) is 10.9 Å². The first-order chi connectivity index (χ1) is 8.75. The van der Waals surface area contributed by atoms with E-state index in [1.807, 2.05) is 0 Å². The van der Waals surface area contributed by atoms with Crippen LogP contribution in [0.1, 0.15) is 20.3 Å². The van der Waals surface area contributed by atoms with Gasteiger partial charge in [-0.2, -0.15) is 0 Å². The summed E-state index contributed by atoms with van der Waals surface area (Å²) >= 11 is 0. The normalized spacial score (nSPS) is 13.3. The number of sulfone groups is 1. The minimum atomic E-state index is -3.83. The number of H-pyrrole nitrogens is 1. The zero-order valence-corrected chi connectivity index (χ0v) is 11.5. The number of rotatable bonds is 4. The number of benzene rings is 1. The number of nitrogens with one attached hydrogen (secondary N) is 1. The minimum Gasteiger partial charge on any atom is -0.360 e. The van der Waals surface area contributed by atoms with Crippen LogP contribution in [-0.4, -0.2) is 24.6 Å². The maximum absolute atomic E-state index is 12.5. The van der Waals surface area contributed by atoms with E-state index < -0.39 is 27.4 Å². The molecular formula is C13H15F2NO2S. The largest absolute Gasteiger partial charge is 0.360 e. The van der Waals surface area contributed by atoms with E-state index in [-0.39, 0.29) is 4.90 Å². The van der Waals surface area contributed by atoms with Gasteiger partial charge in [0.05, 0.1) is 9.64 Å². The van der Waals surface area contributed by atoms with Crippen molar-refractivity contribution in [3.05, 3.63) is 30.5 Å². The molecule has 2 rings (SSSR count). The molecule has 0 fully saturated rings. The number of fused-ring (bicyclic) bond motifs is 1. The summed E-state index contributed by atoms with van der Waals surface area (Å²) in [6.45, 7) is 2.66. The Kier molecular flexibility index (Phi) is 3.38. The van der Waals surface area contributed by atoms with Gasteiger partial charge in [0, 0.05) is 23.5 Å². The third kappa shape index (κ3) is 2.36. The second-order valence-electron chi connectivity index (χ2n) is 5.06. The lowest BCUT2D eigenvalue weighted by Crippen LogP contribution is -2.34. The number of para-hydroxylation sites is 1. The summed E-state index contributed by atoms with van der Waals surface area (Å²) in [7, 11) is -3.83. The average molecular weight is 287 g/mol. The Hall–Kier alpha value is -1.43. The molecule has 0 unspecified atom stereocenters. The number of aromatic amines is 1. The van der Waals surface area contributed by atoms with Crippen LogP contribution in [0.2, 0.25) is 0 Å². The van der Waals surface area contributed by atoms with Crippen LogP contribution in [0.5, 0.6) is 0 Å². The van der Waals surface area contributed by atoms with E-state index in [4.69, 9.17) is 0 Å². The van der Waals surface area contributed by atoms with Crippen LogP contribution in [0.15, 0.2) is 35.4 Å². The van der Waals surface area contributed by atoms with Gasteiger partial charge in [-0.25, -0.2) is 17.2 Å². The third-order valence-electron chi connectivity index (χ3n) is 3.21. The lowest BCUT2D eigenvalue weighted by atomic mass is 10.1. The average Bonchev–Trinajstić information content (AvgIpc) is 2.70. The third-order valence-corrected chi connectivity index (χ3v) is 5.75. The summed E-state index contributed by atoms with van der Waals surface area (Å²) in [4.78, 5) is 2.93. The standard InChI is InChI=1S/C13H15F2NO2S/c1-13(2,7-12(14)15)19(17,18)11-8-16-10-6-4-3-5-9(10)11/h3-6,8,12,16H,7H2,1-2H3. The van der Waals surface area contributed by atoms with Crippen LogP contribution >= 0.6 is 0 Å². The molecule has 1 aromatic carbocycles. The van der Waals surface area contributed by atoms with E-state index in [0.717, 1.165) is 0 Å². The minimum absolute atomic E-state index is 0.0775. The van der Waals surface area contributed by atoms with Gasteiger partial charge in [-0.1, -0.05) is 18.2 Å². The van der Waals surface area contributed by atoms with E-state index in [1.54, 1.807) is 24.3 Å². The molecule has 0 aliphatic heterocycles. The summed E-state index contributed by atoms with van der Waals surface area (Å²) in [6.07, 6.45) is -1.97. The number of alkyl halides is 2. The molecule has 0 aliphatic carbocycles. The van der Waals surface area contributed by atoms with Crippen LogP contribution in [-0.2, 0) is 9.84 Å². The Morgan fingerprint density at radius 3 is 2.53 bits per heavy atom. The molecular weight excluding hydrogens is 272 g/mol. The summed E-state index contributed by atoms with van der Waals surface area (Å²) in [6, 6.07) is 6.90. The van der Waals surface area contributed by atoms with Gasteiger partial charge in [-0.15, -0.1) is 0 Å². The van der Waals surface area contributed by atoms with Crippen LogP contribution in [0, 0.1) is 0 Å². The molecule has 3 nitrogen and oxygen atoms in total. The molecule has 19 heavy (non-hydrogen) atoms. The highest BCUT2D eigenvalue weighted by Gasteiger charge is 2.39. The smallest absolute Gasteiger partial charge is 0.240 e. The van der Waals surface area contributed by atoms with Crippen LogP contribution < -0.4 is 0 Å². The number of halogens is 2. The Labute approximate surface area is 110 Å². The first kappa shape index (κ1) is 14.0. The van der Waals surface area contributed by atoms with Crippen molar-refractivity contribution in [3.63, 3.8) is 0 Å². The lowest BCUT2D eigenvalue weighted by molar-refractivity contribution is 0.126. The van der Waals surface area contributed by atoms with Gasteiger partial charge < -0.3 is 4.98 Å². The molecule has 0 radical (unpaired) electrons. The topological polar surface area (TPSA) is 49.9 Å². The SMILES string of the molecule is CC(C)(CC(F)F)S(=O)(=O)c1c[nH]c2ccccc12. The predicted octanol–water partition coefficient (Wildman–Crippen LogP) is 3.38. The molecule has 0 spiro atoms. The summed E-state index contributed by atoms with van der Waals surface area (Å²) < 4.78 is 48.6. The predicted molar refractivity (Wildman–Crippen MR) is 70.2 cm³/mol. The molecule has 2 aromatic rings. The zero-order valence-electron chi connectivity index (χ0n) is 10.7. The first-order valence-corrected chi connectivity index (χ1v) is 7.33. The molecule has 0 amide bonds. The van der Waals surface area contributed by atoms with E-state index in [1.165, 1.54) is 20.0 Å². The van der Waals surface area contributed by atoms with E-state index >= 15 is 0 Å². The van der Waals surface area contributed by atoms with Crippen LogP contribution in [0.4, 0.5) is 8.78 Å². The van der Waals surface area contributed by atoms with E-state index in [9.17, 15) is 17.2 Å². The number of aromatic nitrogens is 1. The van der Waals surface area contributed by atoms with Gasteiger partial charge in [0.25, 0.3) is 0 Å². The second-order valence-corrected chi connectivity index (χ2v) is 7.61. The first-order valence-electron chi connectivity index (χ1n) is 5.84. The van der Waals surface area contributed by atoms with Gasteiger partial charge in [0.2, 0.25) is 6.43 Å². The molecule has 0 atom stereocenters. The van der Waals surface area contributed by atoms with Crippen molar-refractivity contribution in [2.75, 3.05) is 0 Å². The number of hydrogen-bond acceptors (Lipinski definition) is 2. The fraction of sp³-hybridized carbons (Fsp3) is 0.385. The van der Waals surface area contributed by atoms with Crippen molar-refractivity contribution in [2.24, 2.45) is 0 Å². The van der Waals surface area contributed by atoms with Gasteiger partial charge in [-0.3, -0.25) is 0 Å². The van der Waals surface area contributed by atoms with Crippen molar-refractivity contribution >= 4 is 20.7 Å². The molecule has 1 aromatic heterocycles. The fourth-order valence-corrected chi connectivity index (χ4v) is 3.67. The molecule has 6 heteroatoms. The van der Waals surface area contributed by atoms with Crippen molar-refractivity contribution in [1.82, 2.24) is 4.98 Å². The highest BCUT2D eigenvalue weighted by Crippen LogP contribution is 2.34. The Morgan fingerprint density at radius 2 is 1.89 bits per heavy atom. The number of hydrogen-bond donors (Lipinski definition) is 1. The van der Waals surface area contributed by atoms with Gasteiger partial charge in [-0.05, 0) is 19.9 Å². The van der Waals surface area contributed by atoms with E-state index in [2.05, 4.69) is 4.98 Å². The molecule has 1 N–H and O–H groups in total. The Bertz CT molecular complexity index is 689. The molecule has 0 saturated heterocycles. The lowest BCUT2D eigenvalue weighted by Gasteiger charge is -2.23. The van der Waals surface area contributed by atoms with Crippen molar-refractivity contribution in [3.8, 4) is 0 Å². The Morgan fingerprint density at radius 1 is 1.26 bits per heavy atom. The van der Waals surface area contributed by atoms with Gasteiger partial charge >= 0.3 is 0 Å². The van der Waals surface area contributed by atoms with Crippen molar-refractivity contribution in [1.29, 1.82) is 0 Å². The van der Waals surface area contributed by atoms with Crippen molar-refractivity contribution in [2.45, 2.75) is 36.3 Å². The monoisotopic (exact) mass is 287 g/mol. The summed E-state index contributed by atoms with van der Waals surface area (Å²) in [5.41, 5.74) is 0.675. The molecule has 0 aliphatic rings. The van der Waals surface area contributed by atoms with Gasteiger partial charge in [0.1, 0.15) is 0 Å². The summed E-state index contributed by atoms with van der Waals surface area (Å²) in [5.74, 6) is 0. The molecule has 0 bridgehead atoms. The second kappa shape index (κ2) is 4.59. The maximum Gasteiger partial charge on any atom is 0.240 e.